The SMILES string of the molecule is NC(=S)c1cccc(NC(=O)c2cc(I)ccc2Br)c1. The van der Waals surface area contributed by atoms with Crippen molar-refractivity contribution in [1.29, 1.82) is 0 Å². The number of halogens is 2. The summed E-state index contributed by atoms with van der Waals surface area (Å²) in [5, 5.41) is 2.83. The molecule has 0 aliphatic rings. The number of carbonyl (C=O) groups excluding carboxylic acids is 1. The van der Waals surface area contributed by atoms with Crippen LogP contribution in [0.15, 0.2) is 46.9 Å². The summed E-state index contributed by atoms with van der Waals surface area (Å²) >= 11 is 10.5. The average Bonchev–Trinajstić information content (AvgIpc) is 2.41. The van der Waals surface area contributed by atoms with Crippen molar-refractivity contribution in [3.8, 4) is 0 Å². The van der Waals surface area contributed by atoms with Crippen LogP contribution in [0, 0.1) is 3.57 Å². The lowest BCUT2D eigenvalue weighted by molar-refractivity contribution is 0.102. The highest BCUT2D eigenvalue weighted by atomic mass is 127. The molecule has 0 aliphatic heterocycles. The molecule has 0 saturated carbocycles. The second-order valence-electron chi connectivity index (χ2n) is 4.02. The first-order chi connectivity index (χ1) is 9.47. The molecule has 0 spiro atoms. The summed E-state index contributed by atoms with van der Waals surface area (Å²) in [5.41, 5.74) is 7.54. The number of anilines is 1. The van der Waals surface area contributed by atoms with Gasteiger partial charge in [-0.25, -0.2) is 0 Å². The van der Waals surface area contributed by atoms with Gasteiger partial charge in [0.25, 0.3) is 5.91 Å². The quantitative estimate of drug-likeness (QED) is 0.538. The molecule has 1 amide bonds. The summed E-state index contributed by atoms with van der Waals surface area (Å²) in [7, 11) is 0. The minimum atomic E-state index is -0.185. The van der Waals surface area contributed by atoms with Crippen molar-refractivity contribution < 1.29 is 4.79 Å². The normalized spacial score (nSPS) is 10.1. The van der Waals surface area contributed by atoms with E-state index in [0.717, 1.165) is 13.6 Å². The highest BCUT2D eigenvalue weighted by molar-refractivity contribution is 14.1. The number of thiocarbonyl (C=S) groups is 1. The van der Waals surface area contributed by atoms with E-state index >= 15 is 0 Å². The molecule has 0 saturated heterocycles. The molecule has 2 aromatic carbocycles. The van der Waals surface area contributed by atoms with Crippen molar-refractivity contribution in [1.82, 2.24) is 0 Å². The standard InChI is InChI=1S/C14H10BrIN2OS/c15-12-5-4-9(16)7-11(12)14(19)18-10-3-1-2-8(6-10)13(17)20/h1-7H,(H2,17,20)(H,18,19). The van der Waals surface area contributed by atoms with Crippen molar-refractivity contribution in [2.75, 3.05) is 5.32 Å². The lowest BCUT2D eigenvalue weighted by Gasteiger charge is -2.08. The first-order valence-corrected chi connectivity index (χ1v) is 7.91. The third-order valence-corrected chi connectivity index (χ3v) is 4.18. The maximum atomic E-state index is 12.3. The van der Waals surface area contributed by atoms with Crippen LogP contribution in [0.1, 0.15) is 15.9 Å². The summed E-state index contributed by atoms with van der Waals surface area (Å²) in [5.74, 6) is -0.185. The summed E-state index contributed by atoms with van der Waals surface area (Å²) in [6.07, 6.45) is 0. The Morgan fingerprint density at radius 1 is 1.25 bits per heavy atom. The van der Waals surface area contributed by atoms with Gasteiger partial charge in [0.1, 0.15) is 4.99 Å². The summed E-state index contributed by atoms with van der Waals surface area (Å²) in [4.78, 5) is 12.6. The van der Waals surface area contributed by atoms with Gasteiger partial charge in [-0.3, -0.25) is 4.79 Å². The smallest absolute Gasteiger partial charge is 0.256 e. The molecule has 3 nitrogen and oxygen atoms in total. The zero-order chi connectivity index (χ0) is 14.7. The van der Waals surface area contributed by atoms with Gasteiger partial charge in [-0.15, -0.1) is 0 Å². The molecule has 102 valence electrons. The van der Waals surface area contributed by atoms with Crippen LogP contribution in [0.5, 0.6) is 0 Å². The Labute approximate surface area is 144 Å². The van der Waals surface area contributed by atoms with E-state index in [4.69, 9.17) is 18.0 Å². The van der Waals surface area contributed by atoms with Crippen LogP contribution >= 0.6 is 50.7 Å². The number of nitrogens with one attached hydrogen (secondary N) is 1. The number of hydrogen-bond acceptors (Lipinski definition) is 2. The van der Waals surface area contributed by atoms with E-state index in [2.05, 4.69) is 43.8 Å². The topological polar surface area (TPSA) is 55.1 Å². The van der Waals surface area contributed by atoms with Crippen LogP contribution < -0.4 is 11.1 Å². The molecule has 0 bridgehead atoms. The molecule has 6 heteroatoms. The van der Waals surface area contributed by atoms with Crippen molar-refractivity contribution in [3.05, 3.63) is 61.6 Å². The van der Waals surface area contributed by atoms with E-state index in [1.165, 1.54) is 0 Å². The monoisotopic (exact) mass is 460 g/mol. The van der Waals surface area contributed by atoms with Crippen LogP contribution in [-0.2, 0) is 0 Å². The van der Waals surface area contributed by atoms with Crippen molar-refractivity contribution in [2.24, 2.45) is 5.73 Å². The molecule has 0 atom stereocenters. The lowest BCUT2D eigenvalue weighted by Crippen LogP contribution is -2.14. The zero-order valence-electron chi connectivity index (χ0n) is 10.2. The fourth-order valence-corrected chi connectivity index (χ4v) is 2.67. The molecule has 3 N–H and O–H groups in total. The first kappa shape index (κ1) is 15.4. The first-order valence-electron chi connectivity index (χ1n) is 5.63. The third-order valence-electron chi connectivity index (χ3n) is 2.58. The predicted molar refractivity (Wildman–Crippen MR) is 97.1 cm³/mol. The molecule has 2 aromatic rings. The van der Waals surface area contributed by atoms with E-state index in [-0.39, 0.29) is 5.91 Å². The second kappa shape index (κ2) is 6.64. The summed E-state index contributed by atoms with van der Waals surface area (Å²) in [6.45, 7) is 0. The van der Waals surface area contributed by atoms with Crippen LogP contribution in [-0.4, -0.2) is 10.9 Å². The molecular weight excluding hydrogens is 451 g/mol. The van der Waals surface area contributed by atoms with Gasteiger partial charge in [0, 0.05) is 19.3 Å². The van der Waals surface area contributed by atoms with Crippen LogP contribution in [0.2, 0.25) is 0 Å². The zero-order valence-corrected chi connectivity index (χ0v) is 14.8. The van der Waals surface area contributed by atoms with Crippen molar-refractivity contribution >= 4 is 67.3 Å². The number of rotatable bonds is 3. The number of benzene rings is 2. The lowest BCUT2D eigenvalue weighted by atomic mass is 10.1. The Hall–Kier alpha value is -0.990. The average molecular weight is 461 g/mol. The van der Waals surface area contributed by atoms with Gasteiger partial charge < -0.3 is 11.1 Å². The minimum Gasteiger partial charge on any atom is -0.389 e. The van der Waals surface area contributed by atoms with Gasteiger partial charge in [0.15, 0.2) is 0 Å². The molecule has 0 aromatic heterocycles. The van der Waals surface area contributed by atoms with E-state index in [0.29, 0.717) is 16.2 Å². The number of nitrogens with two attached hydrogens (primary N) is 1. The Bertz CT molecular complexity index is 691. The molecule has 0 radical (unpaired) electrons. The minimum absolute atomic E-state index is 0.185. The summed E-state index contributed by atoms with van der Waals surface area (Å²) < 4.78 is 1.74. The highest BCUT2D eigenvalue weighted by Crippen LogP contribution is 2.21. The molecule has 0 heterocycles. The Kier molecular flexibility index (Phi) is 5.11. The van der Waals surface area contributed by atoms with Gasteiger partial charge in [-0.1, -0.05) is 24.4 Å². The molecule has 0 aliphatic carbocycles. The second-order valence-corrected chi connectivity index (χ2v) is 6.56. The molecule has 20 heavy (non-hydrogen) atoms. The fraction of sp³-hybridized carbons (Fsp3) is 0. The molecule has 0 fully saturated rings. The van der Waals surface area contributed by atoms with Gasteiger partial charge in [-0.05, 0) is 68.9 Å². The number of carbonyl (C=O) groups is 1. The van der Waals surface area contributed by atoms with Gasteiger partial charge in [0.05, 0.1) is 5.56 Å². The molecular formula is C14H10BrIN2OS. The predicted octanol–water partition coefficient (Wildman–Crippen LogP) is 3.94. The van der Waals surface area contributed by atoms with E-state index in [1.54, 1.807) is 24.3 Å². The number of hydrogen-bond donors (Lipinski definition) is 2. The van der Waals surface area contributed by atoms with Crippen molar-refractivity contribution in [2.45, 2.75) is 0 Å². The fourth-order valence-electron chi connectivity index (χ4n) is 1.62. The Morgan fingerprint density at radius 2 is 2.00 bits per heavy atom. The van der Waals surface area contributed by atoms with E-state index in [9.17, 15) is 4.79 Å². The van der Waals surface area contributed by atoms with E-state index < -0.39 is 0 Å². The van der Waals surface area contributed by atoms with Gasteiger partial charge in [-0.2, -0.15) is 0 Å². The van der Waals surface area contributed by atoms with Crippen LogP contribution in [0.3, 0.4) is 0 Å². The maximum absolute atomic E-state index is 12.3. The Morgan fingerprint density at radius 3 is 2.70 bits per heavy atom. The largest absolute Gasteiger partial charge is 0.389 e. The number of amides is 1. The van der Waals surface area contributed by atoms with Crippen LogP contribution in [0.25, 0.3) is 0 Å². The van der Waals surface area contributed by atoms with E-state index in [1.807, 2.05) is 18.2 Å². The maximum Gasteiger partial charge on any atom is 0.256 e. The highest BCUT2D eigenvalue weighted by Gasteiger charge is 2.11. The summed E-state index contributed by atoms with van der Waals surface area (Å²) in [6, 6.07) is 12.7. The molecule has 2 rings (SSSR count). The van der Waals surface area contributed by atoms with Gasteiger partial charge >= 0.3 is 0 Å². The van der Waals surface area contributed by atoms with Crippen LogP contribution in [0.4, 0.5) is 5.69 Å². The Balaban J connectivity index is 2.25. The van der Waals surface area contributed by atoms with Crippen molar-refractivity contribution in [3.63, 3.8) is 0 Å². The van der Waals surface area contributed by atoms with Gasteiger partial charge in [0.2, 0.25) is 0 Å². The third kappa shape index (κ3) is 3.77. The molecule has 0 unspecified atom stereocenters.